The highest BCUT2D eigenvalue weighted by Crippen LogP contribution is 2.30. The van der Waals surface area contributed by atoms with Gasteiger partial charge >= 0.3 is 0 Å². The predicted molar refractivity (Wildman–Crippen MR) is 72.9 cm³/mol. The Labute approximate surface area is 114 Å². The molecule has 1 aliphatic heterocycles. The molecular formula is C15H22O4. The molecule has 1 unspecified atom stereocenters. The number of benzene rings is 1. The van der Waals surface area contributed by atoms with Crippen molar-refractivity contribution in [2.75, 3.05) is 19.8 Å². The summed E-state index contributed by atoms with van der Waals surface area (Å²) in [5.74, 6) is 2.80. The number of rotatable bonds is 6. The van der Waals surface area contributed by atoms with Gasteiger partial charge in [0.15, 0.2) is 6.29 Å². The first-order chi connectivity index (χ1) is 9.21. The molecule has 0 spiro atoms. The monoisotopic (exact) mass is 266 g/mol. The average Bonchev–Trinajstić information content (AvgIpc) is 2.75. The molecule has 19 heavy (non-hydrogen) atoms. The lowest BCUT2D eigenvalue weighted by atomic mass is 10.1. The Morgan fingerprint density at radius 1 is 1.05 bits per heavy atom. The first kappa shape index (κ1) is 14.0. The molecule has 0 aliphatic carbocycles. The first-order valence-corrected chi connectivity index (χ1v) is 6.90. The van der Waals surface area contributed by atoms with Crippen molar-refractivity contribution in [3.8, 4) is 17.2 Å². The molecule has 106 valence electrons. The van der Waals surface area contributed by atoms with Crippen LogP contribution in [-0.4, -0.2) is 26.1 Å². The maximum Gasteiger partial charge on any atom is 0.200 e. The third kappa shape index (κ3) is 4.03. The van der Waals surface area contributed by atoms with Crippen LogP contribution in [0.1, 0.15) is 27.2 Å². The zero-order chi connectivity index (χ0) is 13.7. The van der Waals surface area contributed by atoms with E-state index in [1.54, 1.807) is 0 Å². The van der Waals surface area contributed by atoms with E-state index in [1.807, 2.05) is 32.0 Å². The van der Waals surface area contributed by atoms with Crippen LogP contribution < -0.4 is 14.2 Å². The Morgan fingerprint density at radius 3 is 2.11 bits per heavy atom. The molecule has 0 N–H and O–H groups in total. The van der Waals surface area contributed by atoms with Crippen LogP contribution in [-0.2, 0) is 4.74 Å². The van der Waals surface area contributed by atoms with E-state index in [0.717, 1.165) is 30.3 Å². The summed E-state index contributed by atoms with van der Waals surface area (Å²) in [7, 11) is 0. The zero-order valence-electron chi connectivity index (χ0n) is 11.8. The Hall–Kier alpha value is -1.42. The molecule has 0 amide bonds. The molecule has 0 bridgehead atoms. The Morgan fingerprint density at radius 2 is 1.63 bits per heavy atom. The quantitative estimate of drug-likeness (QED) is 0.792. The molecule has 1 aromatic rings. The van der Waals surface area contributed by atoms with Gasteiger partial charge in [0.25, 0.3) is 0 Å². The van der Waals surface area contributed by atoms with Crippen LogP contribution in [0, 0.1) is 5.92 Å². The molecule has 0 radical (unpaired) electrons. The van der Waals surface area contributed by atoms with Crippen LogP contribution in [0.5, 0.6) is 17.2 Å². The molecule has 1 saturated heterocycles. The van der Waals surface area contributed by atoms with Gasteiger partial charge < -0.3 is 18.9 Å². The second-order valence-corrected chi connectivity index (χ2v) is 4.73. The van der Waals surface area contributed by atoms with E-state index in [2.05, 4.69) is 6.92 Å². The Bertz CT molecular complexity index is 381. The van der Waals surface area contributed by atoms with Crippen LogP contribution in [0.2, 0.25) is 0 Å². The maximum atomic E-state index is 5.84. The summed E-state index contributed by atoms with van der Waals surface area (Å²) in [5, 5.41) is 0. The van der Waals surface area contributed by atoms with Gasteiger partial charge in [-0.2, -0.15) is 0 Å². The molecule has 1 aliphatic rings. The normalized spacial score (nSPS) is 22.3. The number of hydrogen-bond donors (Lipinski definition) is 0. The van der Waals surface area contributed by atoms with Gasteiger partial charge in [0.2, 0.25) is 0 Å². The molecule has 2 atom stereocenters. The van der Waals surface area contributed by atoms with Crippen LogP contribution in [0.25, 0.3) is 0 Å². The fourth-order valence-electron chi connectivity index (χ4n) is 2.08. The van der Waals surface area contributed by atoms with Crippen LogP contribution in [0.3, 0.4) is 0 Å². The fourth-order valence-corrected chi connectivity index (χ4v) is 2.08. The second-order valence-electron chi connectivity index (χ2n) is 4.73. The zero-order valence-corrected chi connectivity index (χ0v) is 11.8. The summed E-state index contributed by atoms with van der Waals surface area (Å²) in [6.45, 7) is 8.06. The molecule has 0 aromatic heterocycles. The van der Waals surface area contributed by atoms with Crippen molar-refractivity contribution in [2.45, 2.75) is 33.5 Å². The third-order valence-corrected chi connectivity index (χ3v) is 2.90. The molecule has 1 heterocycles. The van der Waals surface area contributed by atoms with Crippen molar-refractivity contribution < 1.29 is 18.9 Å². The van der Waals surface area contributed by atoms with Crippen molar-refractivity contribution in [2.24, 2.45) is 5.92 Å². The molecule has 4 nitrogen and oxygen atoms in total. The van der Waals surface area contributed by atoms with Gasteiger partial charge in [0, 0.05) is 24.6 Å². The predicted octanol–water partition coefficient (Wildman–Crippen LogP) is 3.25. The molecular weight excluding hydrogens is 244 g/mol. The molecule has 2 rings (SSSR count). The minimum Gasteiger partial charge on any atom is -0.494 e. The van der Waals surface area contributed by atoms with E-state index < -0.39 is 0 Å². The summed E-state index contributed by atoms with van der Waals surface area (Å²) in [6, 6.07) is 5.62. The molecule has 1 fully saturated rings. The summed E-state index contributed by atoms with van der Waals surface area (Å²) in [5.41, 5.74) is 0. The summed E-state index contributed by atoms with van der Waals surface area (Å²) < 4.78 is 22.4. The van der Waals surface area contributed by atoms with Gasteiger partial charge in [0.1, 0.15) is 17.2 Å². The van der Waals surface area contributed by atoms with E-state index in [-0.39, 0.29) is 6.29 Å². The van der Waals surface area contributed by atoms with Gasteiger partial charge in [-0.15, -0.1) is 0 Å². The highest BCUT2D eigenvalue weighted by atomic mass is 16.7. The lowest BCUT2D eigenvalue weighted by molar-refractivity contribution is -0.0395. The summed E-state index contributed by atoms with van der Waals surface area (Å²) in [6.07, 6.45) is 0.754. The summed E-state index contributed by atoms with van der Waals surface area (Å²) >= 11 is 0. The fraction of sp³-hybridized carbons (Fsp3) is 0.600. The number of hydrogen-bond acceptors (Lipinski definition) is 4. The average molecular weight is 266 g/mol. The van der Waals surface area contributed by atoms with Gasteiger partial charge in [-0.05, 0) is 19.8 Å². The van der Waals surface area contributed by atoms with E-state index >= 15 is 0 Å². The van der Waals surface area contributed by atoms with Gasteiger partial charge in [0.05, 0.1) is 19.8 Å². The van der Waals surface area contributed by atoms with Crippen molar-refractivity contribution in [3.05, 3.63) is 18.2 Å². The highest BCUT2D eigenvalue weighted by molar-refractivity contribution is 5.42. The Kier molecular flexibility index (Phi) is 4.91. The minimum absolute atomic E-state index is 0.165. The summed E-state index contributed by atoms with van der Waals surface area (Å²) in [4.78, 5) is 0. The second kappa shape index (κ2) is 6.66. The van der Waals surface area contributed by atoms with Gasteiger partial charge in [-0.3, -0.25) is 0 Å². The van der Waals surface area contributed by atoms with Crippen molar-refractivity contribution >= 4 is 0 Å². The standard InChI is InChI=1S/C15H22O4/c1-4-16-12-7-13(17-5-2)9-14(8-12)19-15-6-11(3)10-18-15/h7-9,11,15H,4-6,10H2,1-3H3/t11-,15?/m1/s1. The van der Waals surface area contributed by atoms with E-state index in [9.17, 15) is 0 Å². The molecule has 1 aromatic carbocycles. The van der Waals surface area contributed by atoms with Crippen LogP contribution in [0.15, 0.2) is 18.2 Å². The van der Waals surface area contributed by atoms with Gasteiger partial charge in [-0.25, -0.2) is 0 Å². The van der Waals surface area contributed by atoms with Gasteiger partial charge in [-0.1, -0.05) is 6.92 Å². The van der Waals surface area contributed by atoms with E-state index in [4.69, 9.17) is 18.9 Å². The van der Waals surface area contributed by atoms with Crippen molar-refractivity contribution in [1.29, 1.82) is 0 Å². The largest absolute Gasteiger partial charge is 0.494 e. The Balaban J connectivity index is 2.09. The molecule has 0 saturated carbocycles. The first-order valence-electron chi connectivity index (χ1n) is 6.90. The van der Waals surface area contributed by atoms with Crippen molar-refractivity contribution in [3.63, 3.8) is 0 Å². The number of ether oxygens (including phenoxy) is 4. The smallest absolute Gasteiger partial charge is 0.200 e. The highest BCUT2D eigenvalue weighted by Gasteiger charge is 2.23. The minimum atomic E-state index is -0.165. The topological polar surface area (TPSA) is 36.9 Å². The lowest BCUT2D eigenvalue weighted by Gasteiger charge is -2.15. The van der Waals surface area contributed by atoms with Crippen LogP contribution >= 0.6 is 0 Å². The third-order valence-electron chi connectivity index (χ3n) is 2.90. The van der Waals surface area contributed by atoms with Crippen molar-refractivity contribution in [1.82, 2.24) is 0 Å². The van der Waals surface area contributed by atoms with E-state index in [1.165, 1.54) is 0 Å². The maximum absolute atomic E-state index is 5.84. The van der Waals surface area contributed by atoms with Crippen LogP contribution in [0.4, 0.5) is 0 Å². The SMILES string of the molecule is CCOc1cc(OCC)cc(OC2C[C@@H](C)CO2)c1. The molecule has 4 heteroatoms. The van der Waals surface area contributed by atoms with E-state index in [0.29, 0.717) is 19.1 Å². The lowest BCUT2D eigenvalue weighted by Crippen LogP contribution is -2.14.